The highest BCUT2D eigenvalue weighted by Crippen LogP contribution is 2.22. The second kappa shape index (κ2) is 6.46. The van der Waals surface area contributed by atoms with Gasteiger partial charge in [0, 0.05) is 19.1 Å². The average Bonchev–Trinajstić information content (AvgIpc) is 2.32. The first-order valence-corrected chi connectivity index (χ1v) is 6.47. The molecule has 2 fully saturated rings. The molecule has 1 saturated heterocycles. The molecule has 0 radical (unpaired) electrons. The lowest BCUT2D eigenvalue weighted by Gasteiger charge is -2.26. The predicted octanol–water partition coefficient (Wildman–Crippen LogP) is 1.14. The molecule has 3 nitrogen and oxygen atoms in total. The number of hydrogen-bond donors (Lipinski definition) is 2. The molecule has 1 aliphatic carbocycles. The molecule has 0 bridgehead atoms. The molecule has 0 aromatic heterocycles. The molecule has 88 valence electrons. The van der Waals surface area contributed by atoms with E-state index in [2.05, 4.69) is 10.6 Å². The number of hydrogen-bond acceptors (Lipinski definition) is 3. The quantitative estimate of drug-likeness (QED) is 0.733. The number of rotatable bonds is 4. The van der Waals surface area contributed by atoms with Crippen molar-refractivity contribution in [3.05, 3.63) is 0 Å². The van der Waals surface area contributed by atoms with Crippen molar-refractivity contribution in [3.8, 4) is 0 Å². The molecule has 3 heteroatoms. The summed E-state index contributed by atoms with van der Waals surface area (Å²) in [6.07, 6.45) is 7.20. The molecule has 1 atom stereocenters. The maximum absolute atomic E-state index is 5.42. The van der Waals surface area contributed by atoms with Gasteiger partial charge in [0.2, 0.25) is 0 Å². The van der Waals surface area contributed by atoms with Gasteiger partial charge in [-0.15, -0.1) is 0 Å². The van der Waals surface area contributed by atoms with E-state index >= 15 is 0 Å². The van der Waals surface area contributed by atoms with Crippen LogP contribution in [0.25, 0.3) is 0 Å². The molecule has 1 aliphatic heterocycles. The largest absolute Gasteiger partial charge is 0.378 e. The van der Waals surface area contributed by atoms with Gasteiger partial charge in [0.25, 0.3) is 0 Å². The summed E-state index contributed by atoms with van der Waals surface area (Å²) in [5.74, 6) is 0.934. The molecular formula is C12H24N2O. The van der Waals surface area contributed by atoms with Crippen LogP contribution in [0.3, 0.4) is 0 Å². The van der Waals surface area contributed by atoms with Crippen molar-refractivity contribution in [2.75, 3.05) is 32.8 Å². The monoisotopic (exact) mass is 212 g/mol. The van der Waals surface area contributed by atoms with Gasteiger partial charge in [-0.05, 0) is 25.3 Å². The average molecular weight is 212 g/mol. The van der Waals surface area contributed by atoms with E-state index in [1.54, 1.807) is 0 Å². The summed E-state index contributed by atoms with van der Waals surface area (Å²) in [5, 5.41) is 7.05. The Morgan fingerprint density at radius 1 is 1.13 bits per heavy atom. The third kappa shape index (κ3) is 4.09. The zero-order chi connectivity index (χ0) is 10.3. The van der Waals surface area contributed by atoms with Gasteiger partial charge in [-0.2, -0.15) is 0 Å². The van der Waals surface area contributed by atoms with Gasteiger partial charge in [-0.25, -0.2) is 0 Å². The zero-order valence-electron chi connectivity index (χ0n) is 9.63. The highest BCUT2D eigenvalue weighted by atomic mass is 16.5. The Balaban J connectivity index is 1.53. The molecule has 1 unspecified atom stereocenters. The normalized spacial score (nSPS) is 29.2. The predicted molar refractivity (Wildman–Crippen MR) is 62.1 cm³/mol. The van der Waals surface area contributed by atoms with Crippen LogP contribution in [0.1, 0.15) is 32.1 Å². The first-order valence-electron chi connectivity index (χ1n) is 6.47. The van der Waals surface area contributed by atoms with E-state index in [0.717, 1.165) is 32.2 Å². The van der Waals surface area contributed by atoms with Crippen molar-refractivity contribution in [3.63, 3.8) is 0 Å². The van der Waals surface area contributed by atoms with Crippen molar-refractivity contribution in [1.29, 1.82) is 0 Å². The molecule has 15 heavy (non-hydrogen) atoms. The maximum atomic E-state index is 5.42. The Morgan fingerprint density at radius 2 is 2.00 bits per heavy atom. The minimum absolute atomic E-state index is 0.530. The fourth-order valence-corrected chi connectivity index (χ4v) is 2.60. The summed E-state index contributed by atoms with van der Waals surface area (Å²) in [4.78, 5) is 0. The number of ether oxygens (including phenoxy) is 1. The summed E-state index contributed by atoms with van der Waals surface area (Å²) in [7, 11) is 0. The number of nitrogens with one attached hydrogen (secondary N) is 2. The van der Waals surface area contributed by atoms with E-state index in [0.29, 0.717) is 6.04 Å². The SMILES string of the molecule is C1CCC(CNCC2COCCN2)CC1. The van der Waals surface area contributed by atoms with Crippen LogP contribution < -0.4 is 10.6 Å². The Labute approximate surface area is 93.0 Å². The molecule has 0 spiro atoms. The van der Waals surface area contributed by atoms with E-state index in [-0.39, 0.29) is 0 Å². The molecule has 0 aromatic rings. The molecule has 0 aromatic carbocycles. The van der Waals surface area contributed by atoms with Crippen LogP contribution in [-0.4, -0.2) is 38.9 Å². The van der Waals surface area contributed by atoms with Crippen molar-refractivity contribution in [2.24, 2.45) is 5.92 Å². The van der Waals surface area contributed by atoms with Crippen LogP contribution in [0.4, 0.5) is 0 Å². The first-order chi connectivity index (χ1) is 7.45. The van der Waals surface area contributed by atoms with Gasteiger partial charge >= 0.3 is 0 Å². The van der Waals surface area contributed by atoms with Gasteiger partial charge in [-0.1, -0.05) is 19.3 Å². The fraction of sp³-hybridized carbons (Fsp3) is 1.00. The van der Waals surface area contributed by atoms with Crippen LogP contribution >= 0.6 is 0 Å². The molecule has 1 saturated carbocycles. The Bertz CT molecular complexity index is 145. The van der Waals surface area contributed by atoms with Gasteiger partial charge in [0.1, 0.15) is 0 Å². The van der Waals surface area contributed by atoms with Crippen LogP contribution in [-0.2, 0) is 4.74 Å². The Morgan fingerprint density at radius 3 is 2.73 bits per heavy atom. The third-order valence-corrected chi connectivity index (χ3v) is 3.55. The van der Waals surface area contributed by atoms with Crippen LogP contribution in [0.2, 0.25) is 0 Å². The van der Waals surface area contributed by atoms with Gasteiger partial charge in [0.15, 0.2) is 0 Å². The van der Waals surface area contributed by atoms with Crippen molar-refractivity contribution < 1.29 is 4.74 Å². The third-order valence-electron chi connectivity index (χ3n) is 3.55. The minimum atomic E-state index is 0.530. The number of morpholine rings is 1. The van der Waals surface area contributed by atoms with Crippen LogP contribution in [0.5, 0.6) is 0 Å². The summed E-state index contributed by atoms with van der Waals surface area (Å²) < 4.78 is 5.42. The van der Waals surface area contributed by atoms with Gasteiger partial charge in [0.05, 0.1) is 13.2 Å². The highest BCUT2D eigenvalue weighted by Gasteiger charge is 2.15. The van der Waals surface area contributed by atoms with E-state index in [4.69, 9.17) is 4.74 Å². The lowest BCUT2D eigenvalue weighted by molar-refractivity contribution is 0.0762. The Kier molecular flexibility index (Phi) is 4.90. The molecule has 2 N–H and O–H groups in total. The highest BCUT2D eigenvalue weighted by molar-refractivity contribution is 4.74. The zero-order valence-corrected chi connectivity index (χ0v) is 9.63. The lowest BCUT2D eigenvalue weighted by Crippen LogP contribution is -2.47. The standard InChI is InChI=1S/C12H24N2O/c1-2-4-11(5-3-1)8-13-9-12-10-15-7-6-14-12/h11-14H,1-10H2. The lowest BCUT2D eigenvalue weighted by atomic mass is 9.89. The summed E-state index contributed by atoms with van der Waals surface area (Å²) >= 11 is 0. The minimum Gasteiger partial charge on any atom is -0.378 e. The van der Waals surface area contributed by atoms with Crippen molar-refractivity contribution in [2.45, 2.75) is 38.1 Å². The smallest absolute Gasteiger partial charge is 0.0632 e. The Hall–Kier alpha value is -0.120. The second-order valence-corrected chi connectivity index (χ2v) is 4.89. The van der Waals surface area contributed by atoms with Crippen LogP contribution in [0.15, 0.2) is 0 Å². The first kappa shape index (κ1) is 11.4. The topological polar surface area (TPSA) is 33.3 Å². The molecular weight excluding hydrogens is 188 g/mol. The van der Waals surface area contributed by atoms with Gasteiger partial charge in [-0.3, -0.25) is 0 Å². The summed E-state index contributed by atoms with van der Waals surface area (Å²) in [5.41, 5.74) is 0. The molecule has 1 heterocycles. The fourth-order valence-electron chi connectivity index (χ4n) is 2.60. The van der Waals surface area contributed by atoms with E-state index in [9.17, 15) is 0 Å². The van der Waals surface area contributed by atoms with Gasteiger partial charge < -0.3 is 15.4 Å². The van der Waals surface area contributed by atoms with Crippen LogP contribution in [0, 0.1) is 5.92 Å². The van der Waals surface area contributed by atoms with Crippen molar-refractivity contribution >= 4 is 0 Å². The molecule has 2 aliphatic rings. The van der Waals surface area contributed by atoms with Crippen molar-refractivity contribution in [1.82, 2.24) is 10.6 Å². The summed E-state index contributed by atoms with van der Waals surface area (Å²) in [6, 6.07) is 0.530. The molecule has 0 amide bonds. The molecule has 2 rings (SSSR count). The maximum Gasteiger partial charge on any atom is 0.0632 e. The second-order valence-electron chi connectivity index (χ2n) is 4.89. The summed E-state index contributed by atoms with van der Waals surface area (Å²) in [6.45, 7) is 5.03. The van der Waals surface area contributed by atoms with E-state index in [1.165, 1.54) is 38.6 Å². The van der Waals surface area contributed by atoms with E-state index in [1.807, 2.05) is 0 Å². The van der Waals surface area contributed by atoms with E-state index < -0.39 is 0 Å².